The molecular formula is C23H35N5O2. The number of aromatic nitrogens is 2. The number of imidazole rings is 1. The summed E-state index contributed by atoms with van der Waals surface area (Å²) in [5.41, 5.74) is 1.87. The highest BCUT2D eigenvalue weighted by Crippen LogP contribution is 2.32. The van der Waals surface area contributed by atoms with Crippen molar-refractivity contribution in [1.82, 2.24) is 24.9 Å². The monoisotopic (exact) mass is 413 g/mol. The SMILES string of the molecule is Cc1cccn2c(C(C)(C)NC(=O)[C@@H]3CNCCN3CC3(C)CCOCC3)ncc12. The van der Waals surface area contributed by atoms with Crippen LogP contribution in [0.1, 0.15) is 45.0 Å². The Kier molecular flexibility index (Phi) is 5.88. The van der Waals surface area contributed by atoms with Gasteiger partial charge in [-0.2, -0.15) is 0 Å². The molecule has 7 heteroatoms. The second kappa shape index (κ2) is 8.29. The molecule has 4 heterocycles. The van der Waals surface area contributed by atoms with Crippen LogP contribution in [0.2, 0.25) is 0 Å². The van der Waals surface area contributed by atoms with Crippen molar-refractivity contribution in [3.63, 3.8) is 0 Å². The average Bonchev–Trinajstić information content (AvgIpc) is 3.15. The first kappa shape index (κ1) is 21.3. The number of pyridine rings is 1. The standard InChI is InChI=1S/C23H35N5O2/c1-17-6-5-10-28-18(17)15-25-21(28)22(2,3)26-20(29)19-14-24-9-11-27(19)16-23(4)7-12-30-13-8-23/h5-6,10,15,19,24H,7-9,11-14,16H2,1-4H3,(H,26,29)/t19-/m0/s1. The molecule has 2 aromatic rings. The molecule has 2 saturated heterocycles. The van der Waals surface area contributed by atoms with E-state index in [2.05, 4.69) is 44.8 Å². The van der Waals surface area contributed by atoms with Crippen LogP contribution >= 0.6 is 0 Å². The number of nitrogens with one attached hydrogen (secondary N) is 2. The first-order chi connectivity index (χ1) is 14.3. The molecule has 164 valence electrons. The average molecular weight is 414 g/mol. The maximum Gasteiger partial charge on any atom is 0.239 e. The Balaban J connectivity index is 1.51. The fourth-order valence-electron chi connectivity index (χ4n) is 4.78. The van der Waals surface area contributed by atoms with Gasteiger partial charge in [0.25, 0.3) is 0 Å². The van der Waals surface area contributed by atoms with Crippen LogP contribution in [0, 0.1) is 12.3 Å². The summed E-state index contributed by atoms with van der Waals surface area (Å²) in [4.78, 5) is 20.4. The summed E-state index contributed by atoms with van der Waals surface area (Å²) in [6.45, 7) is 13.5. The van der Waals surface area contributed by atoms with Gasteiger partial charge in [0.05, 0.1) is 17.3 Å². The molecule has 0 unspecified atom stereocenters. The minimum atomic E-state index is -0.580. The first-order valence-electron chi connectivity index (χ1n) is 11.1. The van der Waals surface area contributed by atoms with Crippen LogP contribution in [0.4, 0.5) is 0 Å². The maximum atomic E-state index is 13.4. The summed E-state index contributed by atoms with van der Waals surface area (Å²) in [6, 6.07) is 3.92. The Hall–Kier alpha value is -1.96. The number of hydrogen-bond donors (Lipinski definition) is 2. The molecule has 0 radical (unpaired) electrons. The van der Waals surface area contributed by atoms with E-state index >= 15 is 0 Å². The van der Waals surface area contributed by atoms with E-state index in [0.717, 1.165) is 57.0 Å². The molecule has 2 N–H and O–H groups in total. The molecule has 1 amide bonds. The number of aryl methyl sites for hydroxylation is 1. The number of fused-ring (bicyclic) bond motifs is 1. The largest absolute Gasteiger partial charge is 0.381 e. The number of ether oxygens (including phenoxy) is 1. The lowest BCUT2D eigenvalue weighted by molar-refractivity contribution is -0.130. The lowest BCUT2D eigenvalue weighted by Crippen LogP contribution is -2.61. The lowest BCUT2D eigenvalue weighted by Gasteiger charge is -2.43. The van der Waals surface area contributed by atoms with Crippen molar-refractivity contribution < 1.29 is 9.53 Å². The summed E-state index contributed by atoms with van der Waals surface area (Å²) in [5, 5.41) is 6.70. The molecular weight excluding hydrogens is 378 g/mol. The van der Waals surface area contributed by atoms with E-state index in [4.69, 9.17) is 4.74 Å². The summed E-state index contributed by atoms with van der Waals surface area (Å²) in [6.07, 6.45) is 6.00. The van der Waals surface area contributed by atoms with Gasteiger partial charge in [0.1, 0.15) is 11.9 Å². The van der Waals surface area contributed by atoms with Crippen LogP contribution in [-0.4, -0.2) is 65.6 Å². The molecule has 4 rings (SSSR count). The third kappa shape index (κ3) is 4.24. The molecule has 0 spiro atoms. The summed E-state index contributed by atoms with van der Waals surface area (Å²) in [5.74, 6) is 0.911. The Morgan fingerprint density at radius 1 is 1.40 bits per heavy atom. The molecule has 0 aromatic carbocycles. The Labute approximate surface area is 179 Å². The van der Waals surface area contributed by atoms with E-state index in [0.29, 0.717) is 6.54 Å². The lowest BCUT2D eigenvalue weighted by atomic mass is 9.81. The zero-order valence-corrected chi connectivity index (χ0v) is 18.7. The quantitative estimate of drug-likeness (QED) is 0.785. The molecule has 0 bridgehead atoms. The Morgan fingerprint density at radius 2 is 2.17 bits per heavy atom. The minimum absolute atomic E-state index is 0.0623. The van der Waals surface area contributed by atoms with Crippen LogP contribution in [0.25, 0.3) is 5.52 Å². The molecule has 7 nitrogen and oxygen atoms in total. The van der Waals surface area contributed by atoms with E-state index in [-0.39, 0.29) is 17.4 Å². The first-order valence-corrected chi connectivity index (χ1v) is 11.1. The van der Waals surface area contributed by atoms with Crippen molar-refractivity contribution in [2.24, 2.45) is 5.41 Å². The summed E-state index contributed by atoms with van der Waals surface area (Å²) >= 11 is 0. The van der Waals surface area contributed by atoms with Gasteiger partial charge in [0.15, 0.2) is 0 Å². The van der Waals surface area contributed by atoms with Gasteiger partial charge in [-0.1, -0.05) is 13.0 Å². The van der Waals surface area contributed by atoms with Gasteiger partial charge in [-0.05, 0) is 50.7 Å². The van der Waals surface area contributed by atoms with Crippen LogP contribution in [0.3, 0.4) is 0 Å². The second-order valence-corrected chi connectivity index (χ2v) is 9.76. The number of carbonyl (C=O) groups is 1. The predicted molar refractivity (Wildman–Crippen MR) is 117 cm³/mol. The van der Waals surface area contributed by atoms with Crippen molar-refractivity contribution >= 4 is 11.4 Å². The van der Waals surface area contributed by atoms with Crippen LogP contribution in [0.5, 0.6) is 0 Å². The molecule has 2 aliphatic heterocycles. The molecule has 2 aliphatic rings. The van der Waals surface area contributed by atoms with Crippen molar-refractivity contribution in [3.8, 4) is 0 Å². The molecule has 2 aromatic heterocycles. The van der Waals surface area contributed by atoms with Crippen molar-refractivity contribution in [3.05, 3.63) is 35.9 Å². The van der Waals surface area contributed by atoms with E-state index in [9.17, 15) is 4.79 Å². The number of carbonyl (C=O) groups excluding carboxylic acids is 1. The van der Waals surface area contributed by atoms with Crippen LogP contribution in [0.15, 0.2) is 24.5 Å². The predicted octanol–water partition coefficient (Wildman–Crippen LogP) is 2.08. The van der Waals surface area contributed by atoms with E-state index in [1.807, 2.05) is 32.3 Å². The number of hydrogen-bond acceptors (Lipinski definition) is 5. The Bertz CT molecular complexity index is 900. The summed E-state index contributed by atoms with van der Waals surface area (Å²) in [7, 11) is 0. The van der Waals surface area contributed by atoms with E-state index < -0.39 is 5.54 Å². The van der Waals surface area contributed by atoms with Gasteiger partial charge in [-0.25, -0.2) is 4.98 Å². The molecule has 2 fully saturated rings. The highest BCUT2D eigenvalue weighted by Gasteiger charge is 2.38. The van der Waals surface area contributed by atoms with E-state index in [1.54, 1.807) is 0 Å². The van der Waals surface area contributed by atoms with Gasteiger partial charge in [0, 0.05) is 45.6 Å². The smallest absolute Gasteiger partial charge is 0.239 e. The molecule has 0 saturated carbocycles. The zero-order valence-electron chi connectivity index (χ0n) is 18.7. The molecule has 1 atom stereocenters. The van der Waals surface area contributed by atoms with Gasteiger partial charge in [-0.15, -0.1) is 0 Å². The third-order valence-corrected chi connectivity index (χ3v) is 6.72. The highest BCUT2D eigenvalue weighted by atomic mass is 16.5. The second-order valence-electron chi connectivity index (χ2n) is 9.76. The number of piperazine rings is 1. The van der Waals surface area contributed by atoms with Gasteiger partial charge in [0.2, 0.25) is 5.91 Å². The fourth-order valence-corrected chi connectivity index (χ4v) is 4.78. The van der Waals surface area contributed by atoms with E-state index in [1.165, 1.54) is 5.56 Å². The minimum Gasteiger partial charge on any atom is -0.381 e. The normalized spacial score (nSPS) is 22.9. The zero-order chi connectivity index (χ0) is 21.4. The molecule has 0 aliphatic carbocycles. The van der Waals surface area contributed by atoms with Gasteiger partial charge in [-0.3, -0.25) is 9.69 Å². The molecule has 30 heavy (non-hydrogen) atoms. The maximum absolute atomic E-state index is 13.4. The number of amides is 1. The fraction of sp³-hybridized carbons (Fsp3) is 0.652. The van der Waals surface area contributed by atoms with Crippen molar-refractivity contribution in [2.75, 3.05) is 39.4 Å². The summed E-state index contributed by atoms with van der Waals surface area (Å²) < 4.78 is 7.64. The van der Waals surface area contributed by atoms with Crippen molar-refractivity contribution in [2.45, 2.75) is 52.1 Å². The van der Waals surface area contributed by atoms with Crippen LogP contribution < -0.4 is 10.6 Å². The van der Waals surface area contributed by atoms with Gasteiger partial charge >= 0.3 is 0 Å². The number of rotatable bonds is 5. The highest BCUT2D eigenvalue weighted by molar-refractivity contribution is 5.83. The topological polar surface area (TPSA) is 70.9 Å². The number of nitrogens with zero attached hydrogens (tertiary/aromatic N) is 3. The van der Waals surface area contributed by atoms with Gasteiger partial charge < -0.3 is 19.8 Å². The Morgan fingerprint density at radius 3 is 2.93 bits per heavy atom. The van der Waals surface area contributed by atoms with Crippen molar-refractivity contribution in [1.29, 1.82) is 0 Å². The third-order valence-electron chi connectivity index (χ3n) is 6.72. The van der Waals surface area contributed by atoms with Crippen LogP contribution in [-0.2, 0) is 15.1 Å².